The van der Waals surface area contributed by atoms with Gasteiger partial charge in [0.1, 0.15) is 12.9 Å². The molecule has 1 saturated heterocycles. The van der Waals surface area contributed by atoms with Crippen LogP contribution < -0.4 is 15.8 Å². The summed E-state index contributed by atoms with van der Waals surface area (Å²) in [7, 11) is 0. The molecule has 1 aliphatic rings. The van der Waals surface area contributed by atoms with Crippen molar-refractivity contribution >= 4 is 23.1 Å². The average Bonchev–Trinajstić information content (AvgIpc) is 3.16. The van der Waals surface area contributed by atoms with Crippen molar-refractivity contribution in [1.29, 1.82) is 5.26 Å². The minimum Gasteiger partial charge on any atom is -0.475 e. The third kappa shape index (κ3) is 5.66. The SMILES string of the molecule is N#CCn1cnc2nc(N3CCNCC3)n(Cc3ccccc3)c2c1=O.O=C(O)C(F)(F)F. The van der Waals surface area contributed by atoms with E-state index in [0.717, 1.165) is 37.7 Å². The number of alkyl halides is 3. The van der Waals surface area contributed by atoms with Crippen LogP contribution in [0.25, 0.3) is 11.2 Å². The number of hydrogen-bond acceptors (Lipinski definition) is 7. The molecule has 1 fully saturated rings. The second kappa shape index (κ2) is 10.1. The van der Waals surface area contributed by atoms with Crippen LogP contribution in [0.3, 0.4) is 0 Å². The number of nitrogens with zero attached hydrogens (tertiary/aromatic N) is 6. The maximum absolute atomic E-state index is 12.9. The lowest BCUT2D eigenvalue weighted by molar-refractivity contribution is -0.192. The van der Waals surface area contributed by atoms with Crippen molar-refractivity contribution in [1.82, 2.24) is 24.4 Å². The van der Waals surface area contributed by atoms with E-state index in [-0.39, 0.29) is 12.1 Å². The third-order valence-corrected chi connectivity index (χ3v) is 4.78. The van der Waals surface area contributed by atoms with E-state index in [2.05, 4.69) is 20.2 Å². The summed E-state index contributed by atoms with van der Waals surface area (Å²) >= 11 is 0. The number of hydrogen-bond donors (Lipinski definition) is 2. The lowest BCUT2D eigenvalue weighted by Gasteiger charge is -2.28. The monoisotopic (exact) mass is 463 g/mol. The zero-order chi connectivity index (χ0) is 24.0. The van der Waals surface area contributed by atoms with Gasteiger partial charge in [-0.2, -0.15) is 23.4 Å². The van der Waals surface area contributed by atoms with E-state index in [1.807, 2.05) is 41.0 Å². The Balaban J connectivity index is 0.000000383. The molecule has 2 aromatic heterocycles. The molecular formula is C20H20F3N7O3. The molecule has 174 valence electrons. The highest BCUT2D eigenvalue weighted by molar-refractivity contribution is 5.74. The summed E-state index contributed by atoms with van der Waals surface area (Å²) in [6.07, 6.45) is -3.69. The van der Waals surface area contributed by atoms with Crippen LogP contribution in [0.1, 0.15) is 5.56 Å². The smallest absolute Gasteiger partial charge is 0.475 e. The number of rotatable bonds is 4. The molecule has 10 nitrogen and oxygen atoms in total. The van der Waals surface area contributed by atoms with Crippen molar-refractivity contribution in [3.8, 4) is 6.07 Å². The fourth-order valence-corrected chi connectivity index (χ4v) is 3.25. The predicted octanol–water partition coefficient (Wildman–Crippen LogP) is 1.21. The highest BCUT2D eigenvalue weighted by atomic mass is 19.4. The third-order valence-electron chi connectivity index (χ3n) is 4.78. The zero-order valence-electron chi connectivity index (χ0n) is 17.3. The largest absolute Gasteiger partial charge is 0.490 e. The van der Waals surface area contributed by atoms with E-state index in [0.29, 0.717) is 17.7 Å². The van der Waals surface area contributed by atoms with Gasteiger partial charge in [-0.1, -0.05) is 30.3 Å². The van der Waals surface area contributed by atoms with Gasteiger partial charge in [0.15, 0.2) is 11.2 Å². The molecular weight excluding hydrogens is 443 g/mol. The Morgan fingerprint density at radius 2 is 1.85 bits per heavy atom. The number of benzene rings is 1. The van der Waals surface area contributed by atoms with Gasteiger partial charge in [-0.05, 0) is 5.56 Å². The van der Waals surface area contributed by atoms with E-state index < -0.39 is 12.1 Å². The van der Waals surface area contributed by atoms with E-state index in [4.69, 9.17) is 15.2 Å². The number of piperazine rings is 1. The summed E-state index contributed by atoms with van der Waals surface area (Å²) in [5.74, 6) is -2.00. The van der Waals surface area contributed by atoms with Gasteiger partial charge >= 0.3 is 12.1 Å². The Labute approximate surface area is 185 Å². The Morgan fingerprint density at radius 1 is 1.21 bits per heavy atom. The maximum Gasteiger partial charge on any atom is 0.490 e. The molecule has 0 atom stereocenters. The maximum atomic E-state index is 12.9. The molecule has 1 aromatic carbocycles. The van der Waals surface area contributed by atoms with Gasteiger partial charge in [0.25, 0.3) is 5.56 Å². The van der Waals surface area contributed by atoms with Gasteiger partial charge in [0.05, 0.1) is 12.6 Å². The van der Waals surface area contributed by atoms with E-state index in [1.165, 1.54) is 10.9 Å². The van der Waals surface area contributed by atoms with Crippen LogP contribution in [-0.2, 0) is 17.9 Å². The number of anilines is 1. The van der Waals surface area contributed by atoms with Gasteiger partial charge in [-0.25, -0.2) is 9.78 Å². The van der Waals surface area contributed by atoms with Gasteiger partial charge in [-0.3, -0.25) is 13.9 Å². The van der Waals surface area contributed by atoms with Crippen LogP contribution in [0.5, 0.6) is 0 Å². The second-order valence-corrected chi connectivity index (χ2v) is 7.03. The van der Waals surface area contributed by atoms with Crippen LogP contribution in [0, 0.1) is 11.3 Å². The predicted molar refractivity (Wildman–Crippen MR) is 112 cm³/mol. The summed E-state index contributed by atoms with van der Waals surface area (Å²) in [5, 5.41) is 19.4. The topological polar surface area (TPSA) is 129 Å². The van der Waals surface area contributed by atoms with Crippen LogP contribution in [0.4, 0.5) is 19.1 Å². The van der Waals surface area contributed by atoms with Gasteiger partial charge in [-0.15, -0.1) is 0 Å². The van der Waals surface area contributed by atoms with Crippen molar-refractivity contribution in [2.75, 3.05) is 31.1 Å². The fourth-order valence-electron chi connectivity index (χ4n) is 3.25. The van der Waals surface area contributed by atoms with Gasteiger partial charge < -0.3 is 15.3 Å². The highest BCUT2D eigenvalue weighted by Gasteiger charge is 2.38. The molecule has 33 heavy (non-hydrogen) atoms. The van der Waals surface area contributed by atoms with Crippen molar-refractivity contribution in [3.05, 3.63) is 52.6 Å². The number of imidazole rings is 1. The molecule has 4 rings (SSSR count). The van der Waals surface area contributed by atoms with Crippen molar-refractivity contribution < 1.29 is 23.1 Å². The molecule has 0 amide bonds. The first-order chi connectivity index (χ1) is 15.7. The first kappa shape index (κ1) is 23.7. The number of carboxylic acids is 1. The van der Waals surface area contributed by atoms with Crippen molar-refractivity contribution in [2.24, 2.45) is 0 Å². The number of nitriles is 1. The molecule has 3 aromatic rings. The number of nitrogens with one attached hydrogen (secondary N) is 1. The lowest BCUT2D eigenvalue weighted by Crippen LogP contribution is -2.44. The number of carboxylic acid groups (broad SMARTS) is 1. The second-order valence-electron chi connectivity index (χ2n) is 7.03. The fraction of sp³-hybridized carbons (Fsp3) is 0.350. The number of halogens is 3. The van der Waals surface area contributed by atoms with Crippen molar-refractivity contribution in [3.63, 3.8) is 0 Å². The minimum atomic E-state index is -5.08. The summed E-state index contributed by atoms with van der Waals surface area (Å²) in [6, 6.07) is 12.0. The molecule has 0 spiro atoms. The molecule has 0 aliphatic carbocycles. The first-order valence-electron chi connectivity index (χ1n) is 9.84. The molecule has 0 unspecified atom stereocenters. The van der Waals surface area contributed by atoms with E-state index in [1.54, 1.807) is 0 Å². The Bertz CT molecular complexity index is 1210. The summed E-state index contributed by atoms with van der Waals surface area (Å²) in [5.41, 5.74) is 1.72. The van der Waals surface area contributed by atoms with Crippen LogP contribution >= 0.6 is 0 Å². The normalized spacial score (nSPS) is 13.8. The number of carbonyl (C=O) groups is 1. The van der Waals surface area contributed by atoms with Crippen LogP contribution in [0.15, 0.2) is 41.5 Å². The molecule has 1 aliphatic heterocycles. The number of fused-ring (bicyclic) bond motifs is 1. The number of aliphatic carboxylic acids is 1. The van der Waals surface area contributed by atoms with Crippen LogP contribution in [-0.4, -0.2) is 62.5 Å². The Morgan fingerprint density at radius 3 is 2.42 bits per heavy atom. The van der Waals surface area contributed by atoms with Crippen molar-refractivity contribution in [2.45, 2.75) is 19.3 Å². The molecule has 0 saturated carbocycles. The first-order valence-corrected chi connectivity index (χ1v) is 9.84. The minimum absolute atomic E-state index is 0.0265. The molecule has 0 bridgehead atoms. The molecule has 13 heteroatoms. The summed E-state index contributed by atoms with van der Waals surface area (Å²) in [6.45, 7) is 3.90. The van der Waals surface area contributed by atoms with E-state index >= 15 is 0 Å². The van der Waals surface area contributed by atoms with E-state index in [9.17, 15) is 18.0 Å². The standard InChI is InChI=1S/C18H19N7O.C2HF3O2/c19-6-9-24-13-21-16-15(17(24)26)25(12-14-4-2-1-3-5-14)18(22-16)23-10-7-20-8-11-23;3-2(4,5)1(6)7/h1-5,13,20H,7-12H2;(H,6,7). The average molecular weight is 463 g/mol. The molecule has 0 radical (unpaired) electrons. The zero-order valence-corrected chi connectivity index (χ0v) is 17.3. The summed E-state index contributed by atoms with van der Waals surface area (Å²) in [4.78, 5) is 32.9. The molecule has 3 heterocycles. The summed E-state index contributed by atoms with van der Waals surface area (Å²) < 4.78 is 35.0. The highest BCUT2D eigenvalue weighted by Crippen LogP contribution is 2.21. The number of aromatic nitrogens is 4. The Kier molecular flexibility index (Phi) is 7.29. The Hall–Kier alpha value is -3.92. The quantitative estimate of drug-likeness (QED) is 0.591. The lowest BCUT2D eigenvalue weighted by atomic mass is 10.2. The van der Waals surface area contributed by atoms with Gasteiger partial charge in [0.2, 0.25) is 5.95 Å². The van der Waals surface area contributed by atoms with Crippen LogP contribution in [0.2, 0.25) is 0 Å². The van der Waals surface area contributed by atoms with Gasteiger partial charge in [0, 0.05) is 26.2 Å². The molecule has 2 N–H and O–H groups in total.